The summed E-state index contributed by atoms with van der Waals surface area (Å²) in [6.07, 6.45) is 1.55. The first-order chi connectivity index (χ1) is 15.6. The van der Waals surface area contributed by atoms with Gasteiger partial charge in [-0.1, -0.05) is 36.4 Å². The third-order valence-corrected chi connectivity index (χ3v) is 5.90. The number of aromatic nitrogens is 3. The van der Waals surface area contributed by atoms with Gasteiger partial charge in [-0.25, -0.2) is 9.67 Å². The molecule has 0 aliphatic carbocycles. The average molecular weight is 443 g/mol. The van der Waals surface area contributed by atoms with Crippen molar-refractivity contribution in [3.63, 3.8) is 0 Å². The average Bonchev–Trinajstić information content (AvgIpc) is 3.47. The number of furan rings is 1. The lowest BCUT2D eigenvalue weighted by atomic mass is 10.2. The number of benzene rings is 2. The van der Waals surface area contributed by atoms with Crippen LogP contribution in [-0.2, 0) is 11.3 Å². The molecule has 0 fully saturated rings. The number of carbonyl (C=O) groups excluding carboxylic acids is 1. The van der Waals surface area contributed by atoms with Crippen LogP contribution in [0.2, 0.25) is 0 Å². The van der Waals surface area contributed by atoms with Crippen LogP contribution in [0, 0.1) is 6.92 Å². The molecule has 3 aromatic heterocycles. The number of thiazole rings is 1. The van der Waals surface area contributed by atoms with Gasteiger partial charge in [0, 0.05) is 11.4 Å². The minimum atomic E-state index is -0.408. The van der Waals surface area contributed by atoms with E-state index in [2.05, 4.69) is 10.1 Å². The van der Waals surface area contributed by atoms with E-state index >= 15 is 0 Å². The van der Waals surface area contributed by atoms with E-state index < -0.39 is 5.56 Å². The number of anilines is 2. The van der Waals surface area contributed by atoms with Crippen molar-refractivity contribution in [3.8, 4) is 11.5 Å². The second-order valence-corrected chi connectivity index (χ2v) is 8.30. The Bertz CT molecular complexity index is 1400. The zero-order valence-electron chi connectivity index (χ0n) is 17.1. The molecule has 5 aromatic rings. The van der Waals surface area contributed by atoms with Gasteiger partial charge in [-0.2, -0.15) is 5.10 Å². The minimum absolute atomic E-state index is 0.247. The van der Waals surface area contributed by atoms with Crippen molar-refractivity contribution in [1.29, 1.82) is 0 Å². The molecule has 0 atom stereocenters. The molecule has 0 aliphatic heterocycles. The smallest absolute Gasteiger partial charge is 0.294 e. The zero-order chi connectivity index (χ0) is 22.1. The third kappa shape index (κ3) is 3.61. The Balaban J connectivity index is 1.61. The molecule has 2 aromatic carbocycles. The van der Waals surface area contributed by atoms with Gasteiger partial charge in [0.05, 0.1) is 16.0 Å². The van der Waals surface area contributed by atoms with Crippen LogP contribution in [0.5, 0.6) is 0 Å². The quantitative estimate of drug-likeness (QED) is 0.391. The molecular weight excluding hydrogens is 424 g/mol. The molecule has 0 unspecified atom stereocenters. The highest BCUT2D eigenvalue weighted by Gasteiger charge is 2.23. The van der Waals surface area contributed by atoms with E-state index in [-0.39, 0.29) is 18.0 Å². The number of aryl methyl sites for hydroxylation is 1. The van der Waals surface area contributed by atoms with Crippen LogP contribution < -0.4 is 10.5 Å². The van der Waals surface area contributed by atoms with Crippen LogP contribution in [0.25, 0.3) is 21.7 Å². The minimum Gasteiger partial charge on any atom is -0.463 e. The molecular formula is C24H18N4O3S. The normalized spacial score (nSPS) is 11.0. The van der Waals surface area contributed by atoms with E-state index in [0.717, 1.165) is 5.01 Å². The fourth-order valence-electron chi connectivity index (χ4n) is 3.54. The Kier molecular flexibility index (Phi) is 5.12. The summed E-state index contributed by atoms with van der Waals surface area (Å²) in [4.78, 5) is 32.6. The summed E-state index contributed by atoms with van der Waals surface area (Å²) in [5, 5.41) is 5.24. The summed E-state index contributed by atoms with van der Waals surface area (Å²) in [6, 6.07) is 22.1. The van der Waals surface area contributed by atoms with Crippen molar-refractivity contribution >= 4 is 38.8 Å². The molecule has 0 radical (unpaired) electrons. The first kappa shape index (κ1) is 19.9. The van der Waals surface area contributed by atoms with Gasteiger partial charge in [-0.3, -0.25) is 14.5 Å². The predicted molar refractivity (Wildman–Crippen MR) is 124 cm³/mol. The number of carbonyl (C=O) groups is 1. The van der Waals surface area contributed by atoms with Crippen molar-refractivity contribution in [2.45, 2.75) is 13.5 Å². The fraction of sp³-hybridized carbons (Fsp3) is 0.0833. The third-order valence-electron chi connectivity index (χ3n) is 4.92. The first-order valence-corrected chi connectivity index (χ1v) is 10.8. The lowest BCUT2D eigenvalue weighted by Crippen LogP contribution is -2.35. The summed E-state index contributed by atoms with van der Waals surface area (Å²) < 4.78 is 7.34. The largest absolute Gasteiger partial charge is 0.463 e. The van der Waals surface area contributed by atoms with E-state index in [1.807, 2.05) is 67.6 Å². The monoisotopic (exact) mass is 442 g/mol. The number of fused-ring (bicyclic) bond motifs is 1. The summed E-state index contributed by atoms with van der Waals surface area (Å²) in [5.74, 6) is 0.219. The van der Waals surface area contributed by atoms with Gasteiger partial charge in [0.25, 0.3) is 11.5 Å². The predicted octanol–water partition coefficient (Wildman–Crippen LogP) is 4.79. The van der Waals surface area contributed by atoms with Crippen LogP contribution in [0.4, 0.5) is 11.4 Å². The fourth-order valence-corrected chi connectivity index (χ4v) is 4.44. The lowest BCUT2D eigenvalue weighted by molar-refractivity contribution is -0.118. The highest BCUT2D eigenvalue weighted by molar-refractivity contribution is 7.19. The Labute approximate surface area is 187 Å². The summed E-state index contributed by atoms with van der Waals surface area (Å²) >= 11 is 1.38. The molecule has 0 bridgehead atoms. The topological polar surface area (TPSA) is 81.2 Å². The van der Waals surface area contributed by atoms with Gasteiger partial charge in [0.1, 0.15) is 12.2 Å². The van der Waals surface area contributed by atoms with Crippen molar-refractivity contribution in [2.24, 2.45) is 0 Å². The van der Waals surface area contributed by atoms with Crippen LogP contribution in [-0.4, -0.2) is 20.7 Å². The van der Waals surface area contributed by atoms with E-state index in [4.69, 9.17) is 4.42 Å². The molecule has 0 spiro atoms. The molecule has 32 heavy (non-hydrogen) atoms. The number of amides is 1. The summed E-state index contributed by atoms with van der Waals surface area (Å²) in [5.41, 5.74) is 1.78. The van der Waals surface area contributed by atoms with Crippen molar-refractivity contribution < 1.29 is 9.21 Å². The van der Waals surface area contributed by atoms with Gasteiger partial charge >= 0.3 is 0 Å². The highest BCUT2D eigenvalue weighted by Crippen LogP contribution is 2.30. The van der Waals surface area contributed by atoms with Crippen molar-refractivity contribution in [2.75, 3.05) is 4.90 Å². The van der Waals surface area contributed by atoms with Crippen LogP contribution >= 0.6 is 11.3 Å². The van der Waals surface area contributed by atoms with Gasteiger partial charge < -0.3 is 4.42 Å². The van der Waals surface area contributed by atoms with E-state index in [0.29, 0.717) is 27.5 Å². The Morgan fingerprint density at radius 2 is 1.66 bits per heavy atom. The summed E-state index contributed by atoms with van der Waals surface area (Å²) in [6.45, 7) is 1.58. The standard InChI is InChI=1S/C24H18N4O3S/c1-16-25-22-23(32-16)21(19-13-8-14-31-19)26-27(24(22)30)15-20(29)28(17-9-4-2-5-10-17)18-11-6-3-7-12-18/h2-14H,15H2,1H3. The maximum atomic E-state index is 13.5. The van der Waals surface area contributed by atoms with Gasteiger partial charge in [0.2, 0.25) is 0 Å². The maximum absolute atomic E-state index is 13.5. The molecule has 5 rings (SSSR count). The molecule has 0 saturated carbocycles. The van der Waals surface area contributed by atoms with Gasteiger partial charge in [0.15, 0.2) is 11.3 Å². The molecule has 0 aliphatic rings. The van der Waals surface area contributed by atoms with Crippen LogP contribution in [0.1, 0.15) is 5.01 Å². The summed E-state index contributed by atoms with van der Waals surface area (Å²) in [7, 11) is 0. The number of rotatable bonds is 5. The Hall–Kier alpha value is -4.04. The van der Waals surface area contributed by atoms with E-state index in [9.17, 15) is 9.59 Å². The number of nitrogens with zero attached hydrogens (tertiary/aromatic N) is 4. The second kappa shape index (κ2) is 8.24. The molecule has 158 valence electrons. The molecule has 0 N–H and O–H groups in total. The molecule has 0 saturated heterocycles. The SMILES string of the molecule is Cc1nc2c(=O)n(CC(=O)N(c3ccccc3)c3ccccc3)nc(-c3ccco3)c2s1. The van der Waals surface area contributed by atoms with Crippen molar-refractivity contribution in [1.82, 2.24) is 14.8 Å². The molecule has 7 nitrogen and oxygen atoms in total. The Morgan fingerprint density at radius 3 is 2.25 bits per heavy atom. The van der Waals surface area contributed by atoms with E-state index in [1.54, 1.807) is 23.3 Å². The molecule has 3 heterocycles. The number of hydrogen-bond acceptors (Lipinski definition) is 6. The maximum Gasteiger partial charge on any atom is 0.294 e. The van der Waals surface area contributed by atoms with Gasteiger partial charge in [-0.15, -0.1) is 11.3 Å². The zero-order valence-corrected chi connectivity index (χ0v) is 18.0. The Morgan fingerprint density at radius 1 is 1.00 bits per heavy atom. The molecule has 1 amide bonds. The second-order valence-electron chi connectivity index (χ2n) is 7.10. The van der Waals surface area contributed by atoms with E-state index in [1.165, 1.54) is 16.0 Å². The van der Waals surface area contributed by atoms with Crippen LogP contribution in [0.15, 0.2) is 88.3 Å². The lowest BCUT2D eigenvalue weighted by Gasteiger charge is -2.23. The highest BCUT2D eigenvalue weighted by atomic mass is 32.1. The molecule has 8 heteroatoms. The van der Waals surface area contributed by atoms with Crippen LogP contribution in [0.3, 0.4) is 0 Å². The van der Waals surface area contributed by atoms with Crippen molar-refractivity contribution in [3.05, 3.63) is 94.4 Å². The van der Waals surface area contributed by atoms with Gasteiger partial charge in [-0.05, 0) is 43.3 Å². The first-order valence-electron chi connectivity index (χ1n) is 9.97. The number of hydrogen-bond donors (Lipinski definition) is 0. The number of para-hydroxylation sites is 2.